The van der Waals surface area contributed by atoms with Crippen molar-refractivity contribution in [2.45, 2.75) is 19.9 Å². The maximum absolute atomic E-state index is 12.1. The summed E-state index contributed by atoms with van der Waals surface area (Å²) < 4.78 is 10.2. The van der Waals surface area contributed by atoms with E-state index in [1.165, 1.54) is 13.0 Å². The Hall–Kier alpha value is -3.35. The highest BCUT2D eigenvalue weighted by Gasteiger charge is 2.14. The summed E-state index contributed by atoms with van der Waals surface area (Å²) >= 11 is 0. The number of anilines is 1. The lowest BCUT2D eigenvalue weighted by molar-refractivity contribution is -0.124. The summed E-state index contributed by atoms with van der Waals surface area (Å²) in [4.78, 5) is 35.2. The summed E-state index contributed by atoms with van der Waals surface area (Å²) in [5.41, 5.74) is 1.60. The predicted molar refractivity (Wildman–Crippen MR) is 101 cm³/mol. The molecule has 0 aromatic heterocycles. The van der Waals surface area contributed by atoms with Crippen molar-refractivity contribution in [1.29, 1.82) is 0 Å². The Labute approximate surface area is 157 Å². The van der Waals surface area contributed by atoms with Gasteiger partial charge in [-0.1, -0.05) is 18.2 Å². The first-order valence-corrected chi connectivity index (χ1v) is 8.37. The molecule has 0 aliphatic rings. The Morgan fingerprint density at radius 3 is 2.52 bits per heavy atom. The molecule has 27 heavy (non-hydrogen) atoms. The Morgan fingerprint density at radius 2 is 1.81 bits per heavy atom. The van der Waals surface area contributed by atoms with E-state index in [4.69, 9.17) is 9.47 Å². The number of carbonyl (C=O) groups excluding carboxylic acids is 3. The topological polar surface area (TPSA) is 93.7 Å². The summed E-state index contributed by atoms with van der Waals surface area (Å²) in [6, 6.07) is 13.4. The molecule has 7 nitrogen and oxygen atoms in total. The molecule has 0 radical (unpaired) electrons. The number of rotatable bonds is 7. The largest absolute Gasteiger partial charge is 0.497 e. The van der Waals surface area contributed by atoms with Gasteiger partial charge in [-0.15, -0.1) is 0 Å². The van der Waals surface area contributed by atoms with E-state index in [-0.39, 0.29) is 17.5 Å². The third kappa shape index (κ3) is 6.14. The van der Waals surface area contributed by atoms with Crippen molar-refractivity contribution < 1.29 is 23.9 Å². The van der Waals surface area contributed by atoms with Crippen LogP contribution >= 0.6 is 0 Å². The lowest BCUT2D eigenvalue weighted by Crippen LogP contribution is -2.31. The van der Waals surface area contributed by atoms with Gasteiger partial charge in [0.1, 0.15) is 5.75 Å². The third-order valence-electron chi connectivity index (χ3n) is 3.72. The monoisotopic (exact) mass is 370 g/mol. The van der Waals surface area contributed by atoms with Crippen LogP contribution in [0.3, 0.4) is 0 Å². The number of ether oxygens (including phenoxy) is 2. The summed E-state index contributed by atoms with van der Waals surface area (Å²) in [6.07, 6.45) is 0. The maximum Gasteiger partial charge on any atom is 0.338 e. The van der Waals surface area contributed by atoms with Crippen LogP contribution in [-0.4, -0.2) is 31.5 Å². The number of hydrogen-bond acceptors (Lipinski definition) is 5. The molecule has 2 N–H and O–H groups in total. The smallest absolute Gasteiger partial charge is 0.338 e. The van der Waals surface area contributed by atoms with Crippen LogP contribution in [0, 0.1) is 0 Å². The number of hydrogen-bond donors (Lipinski definition) is 2. The Bertz CT molecular complexity index is 835. The molecular formula is C20H22N2O5. The van der Waals surface area contributed by atoms with Gasteiger partial charge < -0.3 is 20.1 Å². The van der Waals surface area contributed by atoms with Crippen LogP contribution in [0.2, 0.25) is 0 Å². The molecule has 7 heteroatoms. The van der Waals surface area contributed by atoms with Crippen LogP contribution in [0.4, 0.5) is 5.69 Å². The molecule has 0 saturated carbocycles. The molecule has 2 rings (SSSR count). The van der Waals surface area contributed by atoms with E-state index in [2.05, 4.69) is 10.6 Å². The van der Waals surface area contributed by atoms with E-state index in [0.29, 0.717) is 11.4 Å². The van der Waals surface area contributed by atoms with Crippen molar-refractivity contribution in [3.05, 3.63) is 59.7 Å². The maximum atomic E-state index is 12.1. The van der Waals surface area contributed by atoms with Crippen LogP contribution in [0.1, 0.15) is 35.8 Å². The van der Waals surface area contributed by atoms with E-state index in [9.17, 15) is 14.4 Å². The summed E-state index contributed by atoms with van der Waals surface area (Å²) in [5, 5.41) is 5.35. The fourth-order valence-corrected chi connectivity index (χ4v) is 2.42. The average molecular weight is 370 g/mol. The zero-order chi connectivity index (χ0) is 19.8. The average Bonchev–Trinajstić information content (AvgIpc) is 2.65. The first kappa shape index (κ1) is 20.0. The first-order chi connectivity index (χ1) is 12.9. The minimum atomic E-state index is -0.647. The summed E-state index contributed by atoms with van der Waals surface area (Å²) in [6.45, 7) is 2.79. The van der Waals surface area contributed by atoms with Gasteiger partial charge in [-0.25, -0.2) is 4.79 Å². The zero-order valence-corrected chi connectivity index (χ0v) is 15.4. The van der Waals surface area contributed by atoms with Gasteiger partial charge in [0, 0.05) is 12.6 Å². The van der Waals surface area contributed by atoms with E-state index in [0.717, 1.165) is 5.56 Å². The molecule has 0 fully saturated rings. The van der Waals surface area contributed by atoms with Crippen LogP contribution in [-0.2, 0) is 14.3 Å². The van der Waals surface area contributed by atoms with Crippen LogP contribution in [0.25, 0.3) is 0 Å². The molecule has 0 heterocycles. The number of carbonyl (C=O) groups is 3. The standard InChI is InChI=1S/C20H22N2O5/c1-13(15-6-5-9-18(11-15)26-3)21-19(24)12-27-20(25)16-7-4-8-17(10-16)22-14(2)23/h4-11,13H,12H2,1-3H3,(H,21,24)(H,22,23)/t13-/m0/s1. The number of methoxy groups -OCH3 is 1. The number of amides is 2. The Morgan fingerprint density at radius 1 is 1.07 bits per heavy atom. The molecule has 142 valence electrons. The molecule has 2 aromatic rings. The number of benzene rings is 2. The molecule has 0 saturated heterocycles. The van der Waals surface area contributed by atoms with Crippen LogP contribution in [0.15, 0.2) is 48.5 Å². The van der Waals surface area contributed by atoms with Gasteiger partial charge in [0.15, 0.2) is 6.61 Å². The Balaban J connectivity index is 1.89. The second-order valence-electron chi connectivity index (χ2n) is 5.90. The van der Waals surface area contributed by atoms with Crippen LogP contribution < -0.4 is 15.4 Å². The fourth-order valence-electron chi connectivity index (χ4n) is 2.42. The third-order valence-corrected chi connectivity index (χ3v) is 3.72. The van der Waals surface area contributed by atoms with E-state index in [1.54, 1.807) is 25.3 Å². The van der Waals surface area contributed by atoms with E-state index >= 15 is 0 Å². The zero-order valence-electron chi connectivity index (χ0n) is 15.4. The minimum absolute atomic E-state index is 0.244. The molecule has 0 unspecified atom stereocenters. The summed E-state index contributed by atoms with van der Waals surface area (Å²) in [5.74, 6) is -0.617. The van der Waals surface area contributed by atoms with Crippen molar-refractivity contribution in [1.82, 2.24) is 5.32 Å². The fraction of sp³-hybridized carbons (Fsp3) is 0.250. The van der Waals surface area contributed by atoms with E-state index in [1.807, 2.05) is 31.2 Å². The minimum Gasteiger partial charge on any atom is -0.497 e. The quantitative estimate of drug-likeness (QED) is 0.731. The molecule has 2 aromatic carbocycles. The highest BCUT2D eigenvalue weighted by molar-refractivity contribution is 5.94. The van der Waals surface area contributed by atoms with Crippen molar-refractivity contribution >= 4 is 23.5 Å². The van der Waals surface area contributed by atoms with Gasteiger partial charge in [0.05, 0.1) is 18.7 Å². The first-order valence-electron chi connectivity index (χ1n) is 8.37. The molecule has 2 amide bonds. The molecule has 0 aliphatic heterocycles. The van der Waals surface area contributed by atoms with Gasteiger partial charge >= 0.3 is 5.97 Å². The molecule has 0 aliphatic carbocycles. The van der Waals surface area contributed by atoms with Crippen molar-refractivity contribution in [3.63, 3.8) is 0 Å². The predicted octanol–water partition coefficient (Wildman–Crippen LogP) is 2.69. The van der Waals surface area contributed by atoms with Crippen molar-refractivity contribution in [2.24, 2.45) is 0 Å². The van der Waals surface area contributed by atoms with Gasteiger partial charge in [-0.05, 0) is 42.8 Å². The highest BCUT2D eigenvalue weighted by atomic mass is 16.5. The van der Waals surface area contributed by atoms with Gasteiger partial charge in [0.25, 0.3) is 5.91 Å². The number of nitrogens with one attached hydrogen (secondary N) is 2. The second-order valence-corrected chi connectivity index (χ2v) is 5.90. The van der Waals surface area contributed by atoms with Gasteiger partial charge in [-0.2, -0.15) is 0 Å². The lowest BCUT2D eigenvalue weighted by atomic mass is 10.1. The molecule has 0 bridgehead atoms. The summed E-state index contributed by atoms with van der Waals surface area (Å²) in [7, 11) is 1.57. The van der Waals surface area contributed by atoms with Gasteiger partial charge in [-0.3, -0.25) is 9.59 Å². The molecular weight excluding hydrogens is 348 g/mol. The van der Waals surface area contributed by atoms with Gasteiger partial charge in [0.2, 0.25) is 5.91 Å². The van der Waals surface area contributed by atoms with Crippen molar-refractivity contribution in [2.75, 3.05) is 19.0 Å². The highest BCUT2D eigenvalue weighted by Crippen LogP contribution is 2.18. The normalized spacial score (nSPS) is 11.2. The van der Waals surface area contributed by atoms with Crippen LogP contribution in [0.5, 0.6) is 5.75 Å². The molecule has 1 atom stereocenters. The number of esters is 1. The molecule has 0 spiro atoms. The Kier molecular flexibility index (Phi) is 6.93. The van der Waals surface area contributed by atoms with Crippen molar-refractivity contribution in [3.8, 4) is 5.75 Å². The van der Waals surface area contributed by atoms with E-state index < -0.39 is 18.5 Å². The lowest BCUT2D eigenvalue weighted by Gasteiger charge is -2.15. The SMILES string of the molecule is COc1cccc([C@H](C)NC(=O)COC(=O)c2cccc(NC(C)=O)c2)c1. The second kappa shape index (κ2) is 9.38.